The van der Waals surface area contributed by atoms with Crippen LogP contribution in [-0.4, -0.2) is 30.1 Å². The lowest BCUT2D eigenvalue weighted by Gasteiger charge is -1.96. The van der Waals surface area contributed by atoms with Crippen LogP contribution in [0.1, 0.15) is 5.82 Å². The van der Waals surface area contributed by atoms with Crippen LogP contribution < -0.4 is 5.73 Å². The van der Waals surface area contributed by atoms with Crippen molar-refractivity contribution in [3.05, 3.63) is 30.5 Å². The fourth-order valence-electron chi connectivity index (χ4n) is 1.52. The number of aromatic nitrogens is 6. The van der Waals surface area contributed by atoms with E-state index in [1.807, 2.05) is 0 Å². The van der Waals surface area contributed by atoms with Crippen LogP contribution in [0.4, 0.5) is 5.82 Å². The first-order valence-electron chi connectivity index (χ1n) is 5.44. The van der Waals surface area contributed by atoms with Gasteiger partial charge in [0, 0.05) is 18.6 Å². The Morgan fingerprint density at radius 1 is 1.05 bits per heavy atom. The van der Waals surface area contributed by atoms with E-state index >= 15 is 0 Å². The van der Waals surface area contributed by atoms with Crippen molar-refractivity contribution < 1.29 is 4.52 Å². The normalized spacial score (nSPS) is 10.6. The van der Waals surface area contributed by atoms with Gasteiger partial charge in [-0.25, -0.2) is 19.9 Å². The molecular formula is C11H9N7O. The molecule has 0 atom stereocenters. The van der Waals surface area contributed by atoms with Crippen LogP contribution in [0.3, 0.4) is 0 Å². The van der Waals surface area contributed by atoms with Crippen LogP contribution >= 0.6 is 0 Å². The fourth-order valence-corrected chi connectivity index (χ4v) is 1.52. The van der Waals surface area contributed by atoms with Crippen LogP contribution in [0, 0.1) is 6.92 Å². The summed E-state index contributed by atoms with van der Waals surface area (Å²) < 4.78 is 5.12. The summed E-state index contributed by atoms with van der Waals surface area (Å²) in [6, 6.07) is 1.70. The van der Waals surface area contributed by atoms with Crippen molar-refractivity contribution in [3.63, 3.8) is 0 Å². The van der Waals surface area contributed by atoms with Crippen molar-refractivity contribution in [1.29, 1.82) is 0 Å². The minimum absolute atomic E-state index is 0.205. The molecule has 94 valence electrons. The predicted molar refractivity (Wildman–Crippen MR) is 65.5 cm³/mol. The Morgan fingerprint density at radius 2 is 1.89 bits per heavy atom. The number of nitrogens with two attached hydrogens (primary N) is 1. The second-order valence-electron chi connectivity index (χ2n) is 3.70. The summed E-state index contributed by atoms with van der Waals surface area (Å²) >= 11 is 0. The maximum absolute atomic E-state index is 5.70. The van der Waals surface area contributed by atoms with E-state index in [4.69, 9.17) is 10.3 Å². The van der Waals surface area contributed by atoms with Crippen molar-refractivity contribution in [2.75, 3.05) is 5.73 Å². The monoisotopic (exact) mass is 255 g/mol. The van der Waals surface area contributed by atoms with Crippen LogP contribution in [-0.2, 0) is 0 Å². The van der Waals surface area contributed by atoms with E-state index in [-0.39, 0.29) is 11.7 Å². The molecule has 0 fully saturated rings. The van der Waals surface area contributed by atoms with Gasteiger partial charge in [0.05, 0.1) is 0 Å². The molecular weight excluding hydrogens is 246 g/mol. The maximum atomic E-state index is 5.70. The van der Waals surface area contributed by atoms with Gasteiger partial charge in [0.25, 0.3) is 5.89 Å². The molecule has 8 heteroatoms. The van der Waals surface area contributed by atoms with E-state index in [0.717, 1.165) is 0 Å². The zero-order chi connectivity index (χ0) is 13.2. The third-order valence-electron chi connectivity index (χ3n) is 2.36. The van der Waals surface area contributed by atoms with Crippen molar-refractivity contribution in [1.82, 2.24) is 30.1 Å². The lowest BCUT2D eigenvalue weighted by atomic mass is 10.3. The number of rotatable bonds is 2. The highest BCUT2D eigenvalue weighted by Crippen LogP contribution is 2.22. The number of aryl methyl sites for hydroxylation is 1. The highest BCUT2D eigenvalue weighted by atomic mass is 16.5. The van der Waals surface area contributed by atoms with E-state index in [2.05, 4.69) is 30.1 Å². The largest absolute Gasteiger partial charge is 0.382 e. The molecule has 3 aromatic heterocycles. The summed E-state index contributed by atoms with van der Waals surface area (Å²) in [4.78, 5) is 20.4. The average molecular weight is 255 g/mol. The van der Waals surface area contributed by atoms with Gasteiger partial charge in [-0.2, -0.15) is 4.98 Å². The Hall–Kier alpha value is -2.90. The third-order valence-corrected chi connectivity index (χ3v) is 2.36. The lowest BCUT2D eigenvalue weighted by Crippen LogP contribution is -1.96. The molecule has 0 amide bonds. The third kappa shape index (κ3) is 2.10. The molecule has 3 heterocycles. The van der Waals surface area contributed by atoms with Gasteiger partial charge in [0.1, 0.15) is 11.5 Å². The molecule has 0 bridgehead atoms. The number of nitrogen functional groups attached to an aromatic ring is 1. The Kier molecular flexibility index (Phi) is 2.60. The summed E-state index contributed by atoms with van der Waals surface area (Å²) in [6.07, 6.45) is 4.62. The second-order valence-corrected chi connectivity index (χ2v) is 3.70. The summed E-state index contributed by atoms with van der Waals surface area (Å²) in [6.45, 7) is 1.78. The molecule has 3 rings (SSSR count). The average Bonchev–Trinajstić information content (AvgIpc) is 2.89. The molecule has 0 aliphatic rings. The smallest absolute Gasteiger partial charge is 0.280 e. The molecule has 0 aromatic carbocycles. The van der Waals surface area contributed by atoms with Gasteiger partial charge in [-0.3, -0.25) is 0 Å². The first-order chi connectivity index (χ1) is 9.24. The molecule has 0 saturated carbocycles. The summed E-state index contributed by atoms with van der Waals surface area (Å²) in [5, 5.41) is 3.85. The topological polar surface area (TPSA) is 116 Å². The molecule has 0 saturated heterocycles. The summed E-state index contributed by atoms with van der Waals surface area (Å²) in [7, 11) is 0. The number of hydrogen-bond donors (Lipinski definition) is 1. The first-order valence-corrected chi connectivity index (χ1v) is 5.44. The number of hydrogen-bond acceptors (Lipinski definition) is 8. The molecule has 2 N–H and O–H groups in total. The van der Waals surface area contributed by atoms with Gasteiger partial charge in [0.15, 0.2) is 11.5 Å². The van der Waals surface area contributed by atoms with E-state index in [9.17, 15) is 0 Å². The Balaban J connectivity index is 2.03. The summed E-state index contributed by atoms with van der Waals surface area (Å²) in [5.74, 6) is 1.42. The van der Waals surface area contributed by atoms with Crippen molar-refractivity contribution in [3.8, 4) is 23.1 Å². The maximum Gasteiger partial charge on any atom is 0.280 e. The van der Waals surface area contributed by atoms with Crippen molar-refractivity contribution in [2.24, 2.45) is 0 Å². The standard InChI is InChI=1S/C11H9N7O/c1-6-13-3-2-7(16-6)10-17-11(19-18-10)8-9(12)15-5-4-14-8/h2-5H,1H3,(H2,12,15). The molecule has 0 spiro atoms. The van der Waals surface area contributed by atoms with Gasteiger partial charge in [-0.05, 0) is 13.0 Å². The van der Waals surface area contributed by atoms with Gasteiger partial charge in [-0.1, -0.05) is 5.16 Å². The number of nitrogens with zero attached hydrogens (tertiary/aromatic N) is 6. The zero-order valence-electron chi connectivity index (χ0n) is 9.98. The highest BCUT2D eigenvalue weighted by Gasteiger charge is 2.15. The first kappa shape index (κ1) is 11.2. The van der Waals surface area contributed by atoms with Gasteiger partial charge < -0.3 is 10.3 Å². The minimum Gasteiger partial charge on any atom is -0.382 e. The molecule has 0 aliphatic heterocycles. The van der Waals surface area contributed by atoms with E-state index in [0.29, 0.717) is 23.0 Å². The number of anilines is 1. The quantitative estimate of drug-likeness (QED) is 0.716. The van der Waals surface area contributed by atoms with Crippen molar-refractivity contribution >= 4 is 5.82 Å². The lowest BCUT2D eigenvalue weighted by molar-refractivity contribution is 0.431. The Bertz CT molecular complexity index is 724. The second kappa shape index (κ2) is 4.41. The van der Waals surface area contributed by atoms with Gasteiger partial charge in [-0.15, -0.1) is 0 Å². The molecule has 0 radical (unpaired) electrons. The fraction of sp³-hybridized carbons (Fsp3) is 0.0909. The molecule has 0 unspecified atom stereocenters. The van der Waals surface area contributed by atoms with Crippen LogP contribution in [0.5, 0.6) is 0 Å². The highest BCUT2D eigenvalue weighted by molar-refractivity contribution is 5.63. The predicted octanol–water partition coefficient (Wildman–Crippen LogP) is 0.874. The Morgan fingerprint density at radius 3 is 2.68 bits per heavy atom. The SMILES string of the molecule is Cc1nccc(-c2noc(-c3nccnc3N)n2)n1. The molecule has 19 heavy (non-hydrogen) atoms. The van der Waals surface area contributed by atoms with Crippen molar-refractivity contribution in [2.45, 2.75) is 6.92 Å². The van der Waals surface area contributed by atoms with Gasteiger partial charge >= 0.3 is 0 Å². The van der Waals surface area contributed by atoms with E-state index in [1.165, 1.54) is 12.4 Å². The van der Waals surface area contributed by atoms with E-state index in [1.54, 1.807) is 19.2 Å². The zero-order valence-corrected chi connectivity index (χ0v) is 9.98. The van der Waals surface area contributed by atoms with Gasteiger partial charge in [0.2, 0.25) is 5.82 Å². The molecule has 8 nitrogen and oxygen atoms in total. The van der Waals surface area contributed by atoms with E-state index < -0.39 is 0 Å². The molecule has 0 aliphatic carbocycles. The minimum atomic E-state index is 0.205. The van der Waals surface area contributed by atoms with Crippen LogP contribution in [0.2, 0.25) is 0 Å². The summed E-state index contributed by atoms with van der Waals surface area (Å²) in [5.41, 5.74) is 6.63. The van der Waals surface area contributed by atoms with Crippen LogP contribution in [0.15, 0.2) is 29.2 Å². The molecule has 3 aromatic rings. The van der Waals surface area contributed by atoms with Crippen LogP contribution in [0.25, 0.3) is 23.1 Å². The Labute approximate surface area is 107 Å².